The molecule has 0 aromatic rings. The molecule has 0 bridgehead atoms. The van der Waals surface area contributed by atoms with Crippen molar-refractivity contribution in [1.29, 1.82) is 0 Å². The summed E-state index contributed by atoms with van der Waals surface area (Å²) in [6, 6.07) is 0. The Morgan fingerprint density at radius 2 is 0.487 bits per heavy atom. The molecule has 0 amide bonds. The van der Waals surface area contributed by atoms with Gasteiger partial charge in [-0.3, -0.25) is 14.4 Å². The average molecular weight is 1110 g/mol. The molecule has 80 heavy (non-hydrogen) atoms. The molecule has 0 spiro atoms. The topological polar surface area (TPSA) is 78.9 Å². The van der Waals surface area contributed by atoms with E-state index in [9.17, 15) is 14.4 Å². The van der Waals surface area contributed by atoms with E-state index in [1.807, 2.05) is 0 Å². The molecule has 0 aromatic carbocycles. The molecule has 0 saturated carbocycles. The van der Waals surface area contributed by atoms with Gasteiger partial charge in [0.05, 0.1) is 0 Å². The highest BCUT2D eigenvalue weighted by molar-refractivity contribution is 5.71. The fourth-order valence-electron chi connectivity index (χ4n) is 8.96. The largest absolute Gasteiger partial charge is 0.462 e. The number of carbonyl (C=O) groups excluding carboxylic acids is 3. The van der Waals surface area contributed by atoms with Crippen molar-refractivity contribution in [3.05, 3.63) is 134 Å². The Labute approximate surface area is 494 Å². The van der Waals surface area contributed by atoms with Crippen LogP contribution in [0.5, 0.6) is 0 Å². The minimum absolute atomic E-state index is 0.0929. The Morgan fingerprint density at radius 1 is 0.263 bits per heavy atom. The Hall–Kier alpha value is -4.45. The van der Waals surface area contributed by atoms with E-state index in [2.05, 4.69) is 154 Å². The number of ether oxygens (including phenoxy) is 3. The van der Waals surface area contributed by atoms with Gasteiger partial charge in [-0.1, -0.05) is 276 Å². The van der Waals surface area contributed by atoms with E-state index in [4.69, 9.17) is 14.2 Å². The number of hydrogen-bond acceptors (Lipinski definition) is 6. The van der Waals surface area contributed by atoms with Crippen molar-refractivity contribution in [2.45, 2.75) is 303 Å². The van der Waals surface area contributed by atoms with Crippen LogP contribution in [0, 0.1) is 0 Å². The fourth-order valence-corrected chi connectivity index (χ4v) is 8.96. The van der Waals surface area contributed by atoms with Gasteiger partial charge in [-0.25, -0.2) is 0 Å². The van der Waals surface area contributed by atoms with Crippen molar-refractivity contribution in [2.75, 3.05) is 13.2 Å². The Kier molecular flexibility index (Phi) is 63.3. The van der Waals surface area contributed by atoms with Crippen LogP contribution in [0.1, 0.15) is 297 Å². The molecule has 0 rings (SSSR count). The van der Waals surface area contributed by atoms with E-state index in [0.29, 0.717) is 19.3 Å². The molecular weight excluding hydrogens is 985 g/mol. The first kappa shape index (κ1) is 75.5. The van der Waals surface area contributed by atoms with E-state index < -0.39 is 6.10 Å². The number of unbranched alkanes of at least 4 members (excludes halogenated alkanes) is 26. The number of hydrogen-bond donors (Lipinski definition) is 0. The first-order valence-corrected chi connectivity index (χ1v) is 33.2. The lowest BCUT2D eigenvalue weighted by molar-refractivity contribution is -0.167. The average Bonchev–Trinajstić information content (AvgIpc) is 3.46. The van der Waals surface area contributed by atoms with E-state index in [1.165, 1.54) is 109 Å². The van der Waals surface area contributed by atoms with Gasteiger partial charge in [0.15, 0.2) is 6.10 Å². The van der Waals surface area contributed by atoms with Gasteiger partial charge in [-0.2, -0.15) is 0 Å². The van der Waals surface area contributed by atoms with Crippen molar-refractivity contribution in [3.63, 3.8) is 0 Å². The van der Waals surface area contributed by atoms with Gasteiger partial charge in [0.1, 0.15) is 13.2 Å². The van der Waals surface area contributed by atoms with E-state index in [-0.39, 0.29) is 31.1 Å². The highest BCUT2D eigenvalue weighted by atomic mass is 16.6. The summed E-state index contributed by atoms with van der Waals surface area (Å²) in [7, 11) is 0. The predicted octanol–water partition coefficient (Wildman–Crippen LogP) is 22.9. The monoisotopic (exact) mass is 1110 g/mol. The van der Waals surface area contributed by atoms with Gasteiger partial charge >= 0.3 is 17.9 Å². The number of carbonyl (C=O) groups is 3. The molecular formula is C74H122O6. The van der Waals surface area contributed by atoms with Crippen LogP contribution in [0.3, 0.4) is 0 Å². The summed E-state index contributed by atoms with van der Waals surface area (Å²) in [6.45, 7) is 6.39. The first-order valence-electron chi connectivity index (χ1n) is 33.2. The zero-order valence-corrected chi connectivity index (χ0v) is 52.0. The summed E-state index contributed by atoms with van der Waals surface area (Å²) in [6.07, 6.45) is 94.5. The third kappa shape index (κ3) is 64.4. The van der Waals surface area contributed by atoms with Crippen LogP contribution < -0.4 is 0 Å². The molecule has 454 valence electrons. The normalized spacial score (nSPS) is 13.0. The zero-order valence-electron chi connectivity index (χ0n) is 52.0. The minimum atomic E-state index is -0.799. The molecule has 0 aliphatic rings. The molecule has 0 N–H and O–H groups in total. The summed E-state index contributed by atoms with van der Waals surface area (Å²) in [5.74, 6) is -0.919. The zero-order chi connectivity index (χ0) is 57.8. The highest BCUT2D eigenvalue weighted by Crippen LogP contribution is 2.15. The third-order valence-electron chi connectivity index (χ3n) is 13.9. The summed E-state index contributed by atoms with van der Waals surface area (Å²) in [5, 5.41) is 0. The lowest BCUT2D eigenvalue weighted by Gasteiger charge is -2.18. The van der Waals surface area contributed by atoms with Gasteiger partial charge < -0.3 is 14.2 Å². The molecule has 0 fully saturated rings. The van der Waals surface area contributed by atoms with Gasteiger partial charge in [-0.05, 0) is 135 Å². The summed E-state index contributed by atoms with van der Waals surface area (Å²) in [4.78, 5) is 38.4. The van der Waals surface area contributed by atoms with Crippen molar-refractivity contribution >= 4 is 17.9 Å². The van der Waals surface area contributed by atoms with Crippen LogP contribution >= 0.6 is 0 Å². The van der Waals surface area contributed by atoms with Crippen LogP contribution in [-0.4, -0.2) is 37.2 Å². The van der Waals surface area contributed by atoms with Crippen molar-refractivity contribution < 1.29 is 28.6 Å². The molecule has 1 atom stereocenters. The summed E-state index contributed by atoms with van der Waals surface area (Å²) in [5.41, 5.74) is 0. The fraction of sp³-hybridized carbons (Fsp3) is 0.662. The Morgan fingerprint density at radius 3 is 0.775 bits per heavy atom. The third-order valence-corrected chi connectivity index (χ3v) is 13.9. The van der Waals surface area contributed by atoms with E-state index >= 15 is 0 Å². The van der Waals surface area contributed by atoms with E-state index in [0.717, 1.165) is 148 Å². The molecule has 0 radical (unpaired) electrons. The number of rotatable bonds is 59. The second-order valence-corrected chi connectivity index (χ2v) is 21.6. The summed E-state index contributed by atoms with van der Waals surface area (Å²) >= 11 is 0. The van der Waals surface area contributed by atoms with Crippen LogP contribution in [0.4, 0.5) is 0 Å². The molecule has 0 aromatic heterocycles. The Balaban J connectivity index is 4.38. The predicted molar refractivity (Wildman–Crippen MR) is 348 cm³/mol. The molecule has 0 aliphatic carbocycles. The van der Waals surface area contributed by atoms with Crippen molar-refractivity contribution in [1.82, 2.24) is 0 Å². The SMILES string of the molecule is CC/C=C\C/C=C\C/C=C\C/C=C\C/C=C\CCCCCCCCCCCCCC(=O)OCC(COC(=O)CCCCCCC/C=C\CCCCCCC)OC(=O)CCCCCCC/C=C\C/C=C\C/C=C\C/C=C\C/C=C\CC. The lowest BCUT2D eigenvalue weighted by Crippen LogP contribution is -2.30. The molecule has 6 heteroatoms. The van der Waals surface area contributed by atoms with Crippen LogP contribution in [0.25, 0.3) is 0 Å². The maximum absolute atomic E-state index is 12.9. The first-order chi connectivity index (χ1) is 39.5. The summed E-state index contributed by atoms with van der Waals surface area (Å²) < 4.78 is 16.9. The quantitative estimate of drug-likeness (QED) is 0.0261. The molecule has 0 saturated heterocycles. The van der Waals surface area contributed by atoms with Gasteiger partial charge in [0.2, 0.25) is 0 Å². The molecule has 6 nitrogen and oxygen atoms in total. The highest BCUT2D eigenvalue weighted by Gasteiger charge is 2.19. The van der Waals surface area contributed by atoms with Crippen LogP contribution in [0.15, 0.2) is 134 Å². The van der Waals surface area contributed by atoms with Crippen LogP contribution in [0.2, 0.25) is 0 Å². The minimum Gasteiger partial charge on any atom is -0.462 e. The second-order valence-electron chi connectivity index (χ2n) is 21.6. The van der Waals surface area contributed by atoms with Gasteiger partial charge in [-0.15, -0.1) is 0 Å². The molecule has 1 unspecified atom stereocenters. The van der Waals surface area contributed by atoms with Crippen LogP contribution in [-0.2, 0) is 28.6 Å². The van der Waals surface area contributed by atoms with E-state index in [1.54, 1.807) is 0 Å². The smallest absolute Gasteiger partial charge is 0.306 e. The van der Waals surface area contributed by atoms with Crippen molar-refractivity contribution in [3.8, 4) is 0 Å². The number of allylic oxidation sites excluding steroid dienone is 22. The van der Waals surface area contributed by atoms with Gasteiger partial charge in [0.25, 0.3) is 0 Å². The number of esters is 3. The van der Waals surface area contributed by atoms with Crippen molar-refractivity contribution in [2.24, 2.45) is 0 Å². The van der Waals surface area contributed by atoms with Gasteiger partial charge in [0, 0.05) is 19.3 Å². The maximum atomic E-state index is 12.9. The lowest BCUT2D eigenvalue weighted by atomic mass is 10.0. The molecule has 0 aliphatic heterocycles. The second kappa shape index (κ2) is 67.1. The standard InChI is InChI=1S/C74H122O6/c1-4-7-10-13-16-19-22-25-28-30-32-34-35-36-37-38-39-41-42-44-46-49-52-55-58-61-64-67-73(76)79-70-71(69-78-72(75)66-63-60-57-54-51-48-27-24-21-18-15-12-9-6-3)80-74(77)68-65-62-59-56-53-50-47-45-43-40-33-31-29-26-23-20-17-14-11-8-5-2/h7-8,10-11,16-17,19-20,24-29,32-34,36-37,40,45,47,71H,4-6,9,12-15,18,21-23,30-31,35,38-39,41-44,46,48-70H2,1-3H3/b10-7-,11-8-,19-16-,20-17-,27-24-,28-25-,29-26-,34-32-,37-36-,40-33-,47-45-. The molecule has 0 heterocycles. The Bertz CT molecular complexity index is 1700. The maximum Gasteiger partial charge on any atom is 0.306 e.